The Bertz CT molecular complexity index is 753. The van der Waals surface area contributed by atoms with Crippen molar-refractivity contribution in [3.63, 3.8) is 0 Å². The molecular formula is C19H24N4O3. The van der Waals surface area contributed by atoms with Gasteiger partial charge in [0.2, 0.25) is 5.95 Å². The Morgan fingerprint density at radius 2 is 1.85 bits per heavy atom. The Kier molecular flexibility index (Phi) is 4.76. The van der Waals surface area contributed by atoms with Crippen molar-refractivity contribution in [2.45, 2.75) is 24.4 Å². The van der Waals surface area contributed by atoms with Gasteiger partial charge in [0.15, 0.2) is 0 Å². The van der Waals surface area contributed by atoms with E-state index in [1.165, 1.54) is 0 Å². The molecule has 1 aromatic heterocycles. The maximum atomic E-state index is 5.84. The third-order valence-electron chi connectivity index (χ3n) is 4.96. The molecule has 4 rings (SSSR count). The maximum Gasteiger partial charge on any atom is 0.223 e. The number of nitrogens with zero attached hydrogens (tertiary/aromatic N) is 3. The lowest BCUT2D eigenvalue weighted by atomic mass is 10.1. The van der Waals surface area contributed by atoms with Crippen LogP contribution in [0.4, 0.5) is 11.6 Å². The van der Waals surface area contributed by atoms with Gasteiger partial charge in [0, 0.05) is 38.7 Å². The van der Waals surface area contributed by atoms with Crippen LogP contribution in [0.5, 0.6) is 0 Å². The van der Waals surface area contributed by atoms with Crippen LogP contribution in [0.1, 0.15) is 0 Å². The summed E-state index contributed by atoms with van der Waals surface area (Å²) in [6.45, 7) is 1.11. The van der Waals surface area contributed by atoms with E-state index in [2.05, 4.69) is 44.5 Å². The minimum Gasteiger partial charge on any atom is -0.378 e. The van der Waals surface area contributed by atoms with Crippen molar-refractivity contribution in [1.82, 2.24) is 9.97 Å². The van der Waals surface area contributed by atoms with E-state index in [-0.39, 0.29) is 24.4 Å². The maximum absolute atomic E-state index is 5.84. The van der Waals surface area contributed by atoms with Gasteiger partial charge in [0.05, 0.1) is 24.9 Å². The van der Waals surface area contributed by atoms with Crippen LogP contribution in [0.3, 0.4) is 0 Å². The molecule has 0 aliphatic carbocycles. The predicted octanol–water partition coefficient (Wildman–Crippen LogP) is 1.80. The summed E-state index contributed by atoms with van der Waals surface area (Å²) in [6, 6.07) is 10.2. The molecule has 7 heteroatoms. The highest BCUT2D eigenvalue weighted by Crippen LogP contribution is 2.30. The first kappa shape index (κ1) is 17.2. The van der Waals surface area contributed by atoms with Crippen LogP contribution < -0.4 is 10.2 Å². The minimum atomic E-state index is -0.0356. The Morgan fingerprint density at radius 3 is 2.58 bits per heavy atom. The van der Waals surface area contributed by atoms with E-state index in [4.69, 9.17) is 14.2 Å². The Hall–Kier alpha value is -2.22. The van der Waals surface area contributed by atoms with Crippen LogP contribution in [0.15, 0.2) is 36.5 Å². The van der Waals surface area contributed by atoms with Crippen molar-refractivity contribution in [3.05, 3.63) is 36.5 Å². The third kappa shape index (κ3) is 3.25. The summed E-state index contributed by atoms with van der Waals surface area (Å²) in [4.78, 5) is 11.1. The largest absolute Gasteiger partial charge is 0.378 e. The molecule has 0 bridgehead atoms. The normalized spacial score (nSPS) is 27.3. The van der Waals surface area contributed by atoms with Crippen molar-refractivity contribution in [2.24, 2.45) is 0 Å². The van der Waals surface area contributed by atoms with Crippen LogP contribution >= 0.6 is 0 Å². The molecule has 3 heterocycles. The minimum absolute atomic E-state index is 0.00531. The summed E-state index contributed by atoms with van der Waals surface area (Å²) in [5.74, 6) is 0.581. The molecule has 0 unspecified atom stereocenters. The molecule has 0 amide bonds. The quantitative estimate of drug-likeness (QED) is 0.876. The van der Waals surface area contributed by atoms with Gasteiger partial charge in [-0.05, 0) is 18.2 Å². The third-order valence-corrected chi connectivity index (χ3v) is 4.96. The van der Waals surface area contributed by atoms with Gasteiger partial charge in [-0.2, -0.15) is 0 Å². The molecule has 2 aliphatic heterocycles. The standard InChI is InChI=1S/C19H24N4O3/c1-23(2)13-6-4-12(5-7-13)14-8-9-20-19(21-14)22-15-10-25-18-16(24-3)11-26-17(15)18/h4-9,15-18H,10-11H2,1-3H3,(H,20,21,22)/t15-,16+,17+,18+/m0/s1. The van der Waals surface area contributed by atoms with Crippen molar-refractivity contribution in [2.75, 3.05) is 44.6 Å². The number of rotatable bonds is 5. The van der Waals surface area contributed by atoms with Gasteiger partial charge in [-0.25, -0.2) is 9.97 Å². The molecule has 1 N–H and O–H groups in total. The zero-order valence-electron chi connectivity index (χ0n) is 15.3. The topological polar surface area (TPSA) is 68.7 Å². The van der Waals surface area contributed by atoms with Crippen molar-refractivity contribution in [1.29, 1.82) is 0 Å². The van der Waals surface area contributed by atoms with Crippen molar-refractivity contribution >= 4 is 11.6 Å². The fraction of sp³-hybridized carbons (Fsp3) is 0.474. The summed E-state index contributed by atoms with van der Waals surface area (Å²) in [5, 5.41) is 3.36. The Balaban J connectivity index is 1.48. The van der Waals surface area contributed by atoms with Gasteiger partial charge < -0.3 is 24.4 Å². The number of benzene rings is 1. The lowest BCUT2D eigenvalue weighted by molar-refractivity contribution is -0.00757. The lowest BCUT2D eigenvalue weighted by Gasteiger charge is -2.18. The number of anilines is 2. The van der Waals surface area contributed by atoms with Gasteiger partial charge >= 0.3 is 0 Å². The van der Waals surface area contributed by atoms with Crippen molar-refractivity contribution < 1.29 is 14.2 Å². The molecule has 2 saturated heterocycles. The van der Waals surface area contributed by atoms with Crippen LogP contribution in [-0.4, -0.2) is 68.7 Å². The van der Waals surface area contributed by atoms with E-state index in [1.54, 1.807) is 13.3 Å². The second kappa shape index (κ2) is 7.19. The molecule has 2 aromatic rings. The van der Waals surface area contributed by atoms with E-state index in [9.17, 15) is 0 Å². The molecule has 2 aliphatic rings. The predicted molar refractivity (Wildman–Crippen MR) is 99.5 cm³/mol. The molecule has 0 radical (unpaired) electrons. The highest BCUT2D eigenvalue weighted by atomic mass is 16.6. The van der Waals surface area contributed by atoms with Crippen LogP contribution in [0.25, 0.3) is 11.3 Å². The van der Waals surface area contributed by atoms with Gasteiger partial charge in [0.25, 0.3) is 0 Å². The highest BCUT2D eigenvalue weighted by Gasteiger charge is 2.48. The molecule has 26 heavy (non-hydrogen) atoms. The number of hydrogen-bond acceptors (Lipinski definition) is 7. The average molecular weight is 356 g/mol. The summed E-state index contributed by atoms with van der Waals surface area (Å²) in [5.41, 5.74) is 3.09. The molecule has 7 nitrogen and oxygen atoms in total. The monoisotopic (exact) mass is 356 g/mol. The molecule has 2 fully saturated rings. The van der Waals surface area contributed by atoms with Crippen molar-refractivity contribution in [3.8, 4) is 11.3 Å². The first-order valence-corrected chi connectivity index (χ1v) is 8.79. The number of aromatic nitrogens is 2. The molecule has 4 atom stereocenters. The number of hydrogen-bond donors (Lipinski definition) is 1. The molecule has 138 valence electrons. The van der Waals surface area contributed by atoms with E-state index < -0.39 is 0 Å². The number of nitrogens with one attached hydrogen (secondary N) is 1. The summed E-state index contributed by atoms with van der Waals surface area (Å²) in [6.07, 6.45) is 1.70. The van der Waals surface area contributed by atoms with Crippen LogP contribution in [0.2, 0.25) is 0 Å². The van der Waals surface area contributed by atoms with Gasteiger partial charge in [-0.3, -0.25) is 0 Å². The van der Waals surface area contributed by atoms with E-state index in [1.807, 2.05) is 20.2 Å². The second-order valence-electron chi connectivity index (χ2n) is 6.83. The fourth-order valence-electron chi connectivity index (χ4n) is 3.48. The fourth-order valence-corrected chi connectivity index (χ4v) is 3.48. The second-order valence-corrected chi connectivity index (χ2v) is 6.83. The van der Waals surface area contributed by atoms with Gasteiger partial charge in [-0.1, -0.05) is 12.1 Å². The molecule has 0 spiro atoms. The zero-order valence-corrected chi connectivity index (χ0v) is 15.3. The smallest absolute Gasteiger partial charge is 0.223 e. The number of ether oxygens (including phenoxy) is 3. The Labute approximate surface area is 153 Å². The number of fused-ring (bicyclic) bond motifs is 1. The van der Waals surface area contributed by atoms with E-state index >= 15 is 0 Å². The SMILES string of the molecule is CO[C@@H]1CO[C@H]2[C@@H]1OC[C@@H]2Nc1nccc(-c2ccc(N(C)C)cc2)n1. The van der Waals surface area contributed by atoms with E-state index in [0.29, 0.717) is 19.2 Å². The first-order chi connectivity index (χ1) is 12.7. The molecule has 0 saturated carbocycles. The molecular weight excluding hydrogens is 332 g/mol. The highest BCUT2D eigenvalue weighted by molar-refractivity contribution is 5.63. The van der Waals surface area contributed by atoms with Gasteiger partial charge in [-0.15, -0.1) is 0 Å². The summed E-state index contributed by atoms with van der Waals surface area (Å²) >= 11 is 0. The average Bonchev–Trinajstić information content (AvgIpc) is 3.25. The lowest BCUT2D eigenvalue weighted by Crippen LogP contribution is -2.36. The Morgan fingerprint density at radius 1 is 1.08 bits per heavy atom. The first-order valence-electron chi connectivity index (χ1n) is 8.79. The molecule has 1 aromatic carbocycles. The van der Waals surface area contributed by atoms with Gasteiger partial charge in [0.1, 0.15) is 18.3 Å². The zero-order chi connectivity index (χ0) is 18.1. The van der Waals surface area contributed by atoms with Crippen LogP contribution in [0, 0.1) is 0 Å². The summed E-state index contributed by atoms with van der Waals surface area (Å²) in [7, 11) is 5.74. The van der Waals surface area contributed by atoms with Crippen LogP contribution in [-0.2, 0) is 14.2 Å². The number of methoxy groups -OCH3 is 1. The summed E-state index contributed by atoms with van der Waals surface area (Å²) < 4.78 is 17.1. The van der Waals surface area contributed by atoms with E-state index in [0.717, 1.165) is 16.9 Å².